The predicted octanol–water partition coefficient (Wildman–Crippen LogP) is 1.25. The van der Waals surface area contributed by atoms with E-state index in [0.717, 1.165) is 0 Å². The van der Waals surface area contributed by atoms with Gasteiger partial charge in [-0.05, 0) is 18.8 Å². The van der Waals surface area contributed by atoms with Crippen LogP contribution in [-0.2, 0) is 0 Å². The zero-order valence-corrected chi connectivity index (χ0v) is 4.17. The molecule has 0 amide bonds. The van der Waals surface area contributed by atoms with Crippen molar-refractivity contribution in [3.63, 3.8) is 0 Å². The summed E-state index contributed by atoms with van der Waals surface area (Å²) in [6.07, 6.45) is 5.34. The minimum atomic E-state index is 0.588. The second-order valence-electron chi connectivity index (χ2n) is 1.96. The van der Waals surface area contributed by atoms with Crippen molar-refractivity contribution in [1.82, 2.24) is 0 Å². The maximum absolute atomic E-state index is 7.97. The van der Waals surface area contributed by atoms with Crippen molar-refractivity contribution in [2.24, 2.45) is 11.1 Å². The van der Waals surface area contributed by atoms with Gasteiger partial charge in [-0.1, -0.05) is 6.42 Å². The monoisotopic (exact) mass is 99.1 g/mol. The van der Waals surface area contributed by atoms with Crippen LogP contribution >= 0.6 is 0 Å². The summed E-state index contributed by atoms with van der Waals surface area (Å²) < 4.78 is 0. The van der Waals surface area contributed by atoms with E-state index in [-0.39, 0.29) is 0 Å². The van der Waals surface area contributed by atoms with Crippen molar-refractivity contribution in [3.8, 4) is 0 Å². The van der Waals surface area contributed by atoms with E-state index in [0.29, 0.717) is 5.92 Å². The SMILES string of the molecule is O/N=C/C1CCC1. The smallest absolute Gasteiger partial charge is 0.0466 e. The molecule has 2 heteroatoms. The molecule has 1 saturated carbocycles. The Kier molecular flexibility index (Phi) is 1.29. The Morgan fingerprint density at radius 3 is 2.43 bits per heavy atom. The Morgan fingerprint density at radius 2 is 2.29 bits per heavy atom. The van der Waals surface area contributed by atoms with Crippen LogP contribution in [0.25, 0.3) is 0 Å². The minimum Gasteiger partial charge on any atom is -0.411 e. The van der Waals surface area contributed by atoms with Crippen LogP contribution in [0.3, 0.4) is 0 Å². The molecule has 0 aromatic rings. The van der Waals surface area contributed by atoms with Crippen molar-refractivity contribution in [2.45, 2.75) is 19.3 Å². The molecule has 2 nitrogen and oxygen atoms in total. The summed E-state index contributed by atoms with van der Waals surface area (Å²) >= 11 is 0. The number of oxime groups is 1. The van der Waals surface area contributed by atoms with E-state index in [4.69, 9.17) is 5.21 Å². The number of hydrogen-bond donors (Lipinski definition) is 1. The highest BCUT2D eigenvalue weighted by atomic mass is 16.4. The van der Waals surface area contributed by atoms with Gasteiger partial charge in [0.05, 0.1) is 0 Å². The fourth-order valence-electron chi connectivity index (χ4n) is 0.683. The largest absolute Gasteiger partial charge is 0.411 e. The van der Waals surface area contributed by atoms with Crippen molar-refractivity contribution in [1.29, 1.82) is 0 Å². The molecule has 1 fully saturated rings. The summed E-state index contributed by atoms with van der Waals surface area (Å²) in [7, 11) is 0. The molecule has 0 bridgehead atoms. The first-order valence-corrected chi connectivity index (χ1v) is 2.61. The maximum atomic E-state index is 7.97. The van der Waals surface area contributed by atoms with Gasteiger partial charge in [-0.15, -0.1) is 5.16 Å². The first kappa shape index (κ1) is 4.62. The summed E-state index contributed by atoms with van der Waals surface area (Å²) in [5.74, 6) is 0.588. The standard InChI is InChI=1S/C5H9NO/c7-6-4-5-2-1-3-5/h4-5,7H,1-3H2/b6-4+. The van der Waals surface area contributed by atoms with Gasteiger partial charge in [-0.2, -0.15) is 0 Å². The van der Waals surface area contributed by atoms with E-state index in [2.05, 4.69) is 5.16 Å². The van der Waals surface area contributed by atoms with E-state index in [1.165, 1.54) is 19.3 Å². The van der Waals surface area contributed by atoms with Gasteiger partial charge in [0.1, 0.15) is 0 Å². The number of rotatable bonds is 1. The van der Waals surface area contributed by atoms with Gasteiger partial charge < -0.3 is 5.21 Å². The van der Waals surface area contributed by atoms with Crippen LogP contribution in [0, 0.1) is 5.92 Å². The average Bonchev–Trinajstić information content (AvgIpc) is 1.55. The lowest BCUT2D eigenvalue weighted by atomic mass is 9.87. The van der Waals surface area contributed by atoms with Crippen LogP contribution in [0.2, 0.25) is 0 Å². The van der Waals surface area contributed by atoms with Gasteiger partial charge in [0, 0.05) is 6.21 Å². The fourth-order valence-corrected chi connectivity index (χ4v) is 0.683. The lowest BCUT2D eigenvalue weighted by molar-refractivity contribution is 0.310. The number of nitrogens with zero attached hydrogens (tertiary/aromatic N) is 1. The van der Waals surface area contributed by atoms with Gasteiger partial charge in [-0.3, -0.25) is 0 Å². The molecule has 0 aromatic carbocycles. The molecular weight excluding hydrogens is 90.1 g/mol. The van der Waals surface area contributed by atoms with E-state index in [9.17, 15) is 0 Å². The quantitative estimate of drug-likeness (QED) is 0.299. The molecule has 0 radical (unpaired) electrons. The van der Waals surface area contributed by atoms with Crippen LogP contribution in [0.4, 0.5) is 0 Å². The average molecular weight is 99.1 g/mol. The molecule has 0 aliphatic heterocycles. The Morgan fingerprint density at radius 1 is 1.57 bits per heavy atom. The highest BCUT2D eigenvalue weighted by Gasteiger charge is 2.14. The maximum Gasteiger partial charge on any atom is 0.0466 e. The summed E-state index contributed by atoms with van der Waals surface area (Å²) in [5.41, 5.74) is 0. The minimum absolute atomic E-state index is 0.588. The molecule has 0 aromatic heterocycles. The lowest BCUT2D eigenvalue weighted by Gasteiger charge is -2.19. The summed E-state index contributed by atoms with van der Waals surface area (Å²) in [6, 6.07) is 0. The van der Waals surface area contributed by atoms with Crippen molar-refractivity contribution < 1.29 is 5.21 Å². The van der Waals surface area contributed by atoms with E-state index < -0.39 is 0 Å². The summed E-state index contributed by atoms with van der Waals surface area (Å²) in [5, 5.41) is 10.9. The third kappa shape index (κ3) is 0.918. The molecular formula is C5H9NO. The molecule has 0 heterocycles. The molecule has 0 unspecified atom stereocenters. The molecule has 0 atom stereocenters. The first-order valence-electron chi connectivity index (χ1n) is 2.61. The molecule has 0 spiro atoms. The highest BCUT2D eigenvalue weighted by molar-refractivity contribution is 5.60. The Bertz CT molecular complexity index is 76.1. The Hall–Kier alpha value is -0.530. The molecule has 1 aliphatic rings. The van der Waals surface area contributed by atoms with Crippen LogP contribution < -0.4 is 0 Å². The van der Waals surface area contributed by atoms with Crippen molar-refractivity contribution in [3.05, 3.63) is 0 Å². The van der Waals surface area contributed by atoms with Crippen LogP contribution in [0.15, 0.2) is 5.16 Å². The molecule has 1 aliphatic carbocycles. The van der Waals surface area contributed by atoms with Gasteiger partial charge in [0.25, 0.3) is 0 Å². The predicted molar refractivity (Wildman–Crippen MR) is 27.6 cm³/mol. The first-order chi connectivity index (χ1) is 3.43. The van der Waals surface area contributed by atoms with Crippen molar-refractivity contribution >= 4 is 6.21 Å². The van der Waals surface area contributed by atoms with Gasteiger partial charge in [-0.25, -0.2) is 0 Å². The molecule has 40 valence electrons. The van der Waals surface area contributed by atoms with E-state index in [1.54, 1.807) is 6.21 Å². The number of hydrogen-bond acceptors (Lipinski definition) is 2. The fraction of sp³-hybridized carbons (Fsp3) is 0.800. The molecule has 1 rings (SSSR count). The van der Waals surface area contributed by atoms with E-state index >= 15 is 0 Å². The lowest BCUT2D eigenvalue weighted by Crippen LogP contribution is -2.11. The molecule has 1 N–H and O–H groups in total. The topological polar surface area (TPSA) is 32.6 Å². The molecule has 0 saturated heterocycles. The third-order valence-electron chi connectivity index (χ3n) is 1.43. The Labute approximate surface area is 42.8 Å². The van der Waals surface area contributed by atoms with Gasteiger partial charge in [0.2, 0.25) is 0 Å². The zero-order chi connectivity index (χ0) is 5.11. The second-order valence-corrected chi connectivity index (χ2v) is 1.96. The zero-order valence-electron chi connectivity index (χ0n) is 4.17. The van der Waals surface area contributed by atoms with Gasteiger partial charge >= 0.3 is 0 Å². The summed E-state index contributed by atoms with van der Waals surface area (Å²) in [4.78, 5) is 0. The van der Waals surface area contributed by atoms with Gasteiger partial charge in [0.15, 0.2) is 0 Å². The van der Waals surface area contributed by atoms with Crippen LogP contribution in [-0.4, -0.2) is 11.4 Å². The molecule has 7 heavy (non-hydrogen) atoms. The second kappa shape index (κ2) is 1.96. The van der Waals surface area contributed by atoms with Crippen molar-refractivity contribution in [2.75, 3.05) is 0 Å². The third-order valence-corrected chi connectivity index (χ3v) is 1.43. The normalized spacial score (nSPS) is 22.9. The van der Waals surface area contributed by atoms with Crippen LogP contribution in [0.1, 0.15) is 19.3 Å². The Balaban J connectivity index is 2.14. The summed E-state index contributed by atoms with van der Waals surface area (Å²) in [6.45, 7) is 0. The van der Waals surface area contributed by atoms with Crippen LogP contribution in [0.5, 0.6) is 0 Å². The van der Waals surface area contributed by atoms with E-state index in [1.807, 2.05) is 0 Å². The highest BCUT2D eigenvalue weighted by Crippen LogP contribution is 2.23.